The molecular weight excluding hydrogens is 216 g/mol. The minimum Gasteiger partial charge on any atom is -0.262 e. The van der Waals surface area contributed by atoms with Crippen molar-refractivity contribution in [3.8, 4) is 18.2 Å². The number of nitriles is 3. The molecule has 0 aromatic heterocycles. The summed E-state index contributed by atoms with van der Waals surface area (Å²) >= 11 is 0. The van der Waals surface area contributed by atoms with E-state index in [1.165, 1.54) is 0 Å². The average molecular weight is 232 g/mol. The van der Waals surface area contributed by atoms with E-state index in [1.54, 1.807) is 0 Å². The van der Waals surface area contributed by atoms with Crippen LogP contribution in [0.25, 0.3) is 0 Å². The van der Waals surface area contributed by atoms with Gasteiger partial charge in [-0.1, -0.05) is 0 Å². The van der Waals surface area contributed by atoms with Crippen LogP contribution in [0.3, 0.4) is 0 Å². The monoisotopic (exact) mass is 232 g/mol. The fourth-order valence-corrected chi connectivity index (χ4v) is 2.09. The van der Waals surface area contributed by atoms with Crippen LogP contribution in [0.5, 0.6) is 0 Å². The molecule has 0 spiro atoms. The Hall–Kier alpha value is -1.65. The fourth-order valence-electron chi connectivity index (χ4n) is 2.09. The molecule has 6 nitrogen and oxygen atoms in total. The Morgan fingerprint density at radius 1 is 0.882 bits per heavy atom. The van der Waals surface area contributed by atoms with Crippen molar-refractivity contribution in [1.82, 2.24) is 14.7 Å². The van der Waals surface area contributed by atoms with Crippen molar-refractivity contribution in [1.29, 1.82) is 15.8 Å². The van der Waals surface area contributed by atoms with Gasteiger partial charge in [-0.15, -0.1) is 0 Å². The molecule has 0 aromatic rings. The third-order valence-electron chi connectivity index (χ3n) is 3.18. The Morgan fingerprint density at radius 2 is 1.29 bits per heavy atom. The fraction of sp³-hybridized carbons (Fsp3) is 0.727. The molecule has 0 N–H and O–H groups in total. The summed E-state index contributed by atoms with van der Waals surface area (Å²) in [6.45, 7) is 5.46. The van der Waals surface area contributed by atoms with Gasteiger partial charge in [0.1, 0.15) is 0 Å². The second kappa shape index (κ2) is 6.18. The van der Waals surface area contributed by atoms with Gasteiger partial charge < -0.3 is 0 Å². The standard InChI is InChI=1S/C11H16N6/c1-10-15(6-3-12)9-16(7-4-13)11(2)17(10)8-5-14/h10-11H,6-9H2,1-2H3. The molecule has 0 amide bonds. The van der Waals surface area contributed by atoms with Crippen molar-refractivity contribution in [2.45, 2.75) is 26.2 Å². The van der Waals surface area contributed by atoms with E-state index in [4.69, 9.17) is 15.8 Å². The average Bonchev–Trinajstić information content (AvgIpc) is 2.31. The summed E-state index contributed by atoms with van der Waals surface area (Å²) in [5, 5.41) is 26.4. The summed E-state index contributed by atoms with van der Waals surface area (Å²) < 4.78 is 0. The van der Waals surface area contributed by atoms with Gasteiger partial charge in [0.25, 0.3) is 0 Å². The molecule has 2 unspecified atom stereocenters. The van der Waals surface area contributed by atoms with E-state index in [1.807, 2.05) is 28.5 Å². The minimum atomic E-state index is 0.0410. The molecule has 1 heterocycles. The lowest BCUT2D eigenvalue weighted by molar-refractivity contribution is -0.102. The van der Waals surface area contributed by atoms with Crippen molar-refractivity contribution < 1.29 is 0 Å². The number of hydrogen-bond acceptors (Lipinski definition) is 6. The molecule has 90 valence electrons. The molecule has 1 aliphatic rings. The van der Waals surface area contributed by atoms with Crippen LogP contribution in [0.15, 0.2) is 0 Å². The van der Waals surface area contributed by atoms with Crippen molar-refractivity contribution in [3.05, 3.63) is 0 Å². The topological polar surface area (TPSA) is 81.1 Å². The summed E-state index contributed by atoms with van der Waals surface area (Å²) in [4.78, 5) is 5.89. The summed E-state index contributed by atoms with van der Waals surface area (Å²) in [6.07, 6.45) is 0.0819. The normalized spacial score (nSPS) is 27.0. The molecule has 0 aromatic carbocycles. The molecule has 2 atom stereocenters. The van der Waals surface area contributed by atoms with Gasteiger partial charge in [0, 0.05) is 0 Å². The van der Waals surface area contributed by atoms with E-state index in [0.717, 1.165) is 0 Å². The number of rotatable bonds is 3. The van der Waals surface area contributed by atoms with Crippen LogP contribution in [-0.4, -0.2) is 53.3 Å². The summed E-state index contributed by atoms with van der Waals surface area (Å²) in [5.41, 5.74) is 0. The zero-order valence-electron chi connectivity index (χ0n) is 10.2. The largest absolute Gasteiger partial charge is 0.262 e. The van der Waals surface area contributed by atoms with E-state index < -0.39 is 0 Å². The second-order valence-electron chi connectivity index (χ2n) is 4.05. The summed E-state index contributed by atoms with van der Waals surface area (Å²) in [6, 6.07) is 6.36. The second-order valence-corrected chi connectivity index (χ2v) is 4.05. The van der Waals surface area contributed by atoms with Gasteiger partial charge in [-0.25, -0.2) is 0 Å². The molecule has 0 aliphatic carbocycles. The predicted molar refractivity (Wildman–Crippen MR) is 60.7 cm³/mol. The quantitative estimate of drug-likeness (QED) is 0.643. The van der Waals surface area contributed by atoms with Gasteiger partial charge in [-0.05, 0) is 13.8 Å². The SMILES string of the molecule is CC1N(CC#N)CN(CC#N)C(C)N1CC#N. The zero-order valence-corrected chi connectivity index (χ0v) is 10.2. The van der Waals surface area contributed by atoms with Crippen molar-refractivity contribution >= 4 is 0 Å². The molecule has 17 heavy (non-hydrogen) atoms. The summed E-state index contributed by atoms with van der Waals surface area (Å²) in [5.74, 6) is 0. The van der Waals surface area contributed by atoms with Crippen LogP contribution in [0.1, 0.15) is 13.8 Å². The molecule has 1 fully saturated rings. The van der Waals surface area contributed by atoms with Crippen LogP contribution in [0.2, 0.25) is 0 Å². The Bertz CT molecular complexity index is 345. The Labute approximate surface area is 102 Å². The van der Waals surface area contributed by atoms with Crippen molar-refractivity contribution in [2.24, 2.45) is 0 Å². The van der Waals surface area contributed by atoms with Crippen LogP contribution >= 0.6 is 0 Å². The van der Waals surface area contributed by atoms with E-state index in [2.05, 4.69) is 18.2 Å². The van der Waals surface area contributed by atoms with Gasteiger partial charge >= 0.3 is 0 Å². The predicted octanol–water partition coefficient (Wildman–Crippen LogP) is 0.126. The molecular formula is C11H16N6. The Kier molecular flexibility index (Phi) is 4.87. The first-order valence-electron chi connectivity index (χ1n) is 5.50. The van der Waals surface area contributed by atoms with Gasteiger partial charge in [-0.3, -0.25) is 14.7 Å². The highest BCUT2D eigenvalue weighted by Gasteiger charge is 2.34. The maximum atomic E-state index is 8.83. The first kappa shape index (κ1) is 13.4. The molecule has 1 saturated heterocycles. The molecule has 0 radical (unpaired) electrons. The minimum absolute atomic E-state index is 0.0410. The van der Waals surface area contributed by atoms with Crippen LogP contribution in [0.4, 0.5) is 0 Å². The van der Waals surface area contributed by atoms with Gasteiger partial charge in [0.2, 0.25) is 0 Å². The lowest BCUT2D eigenvalue weighted by Gasteiger charge is -2.49. The summed E-state index contributed by atoms with van der Waals surface area (Å²) in [7, 11) is 0. The molecule has 6 heteroatoms. The van der Waals surface area contributed by atoms with Crippen LogP contribution < -0.4 is 0 Å². The lowest BCUT2D eigenvalue weighted by Crippen LogP contribution is -2.64. The highest BCUT2D eigenvalue weighted by atomic mass is 15.5. The maximum Gasteiger partial charge on any atom is 0.0891 e. The third kappa shape index (κ3) is 2.93. The van der Waals surface area contributed by atoms with Crippen molar-refractivity contribution in [3.63, 3.8) is 0 Å². The molecule has 0 bridgehead atoms. The highest BCUT2D eigenvalue weighted by molar-refractivity contribution is 4.92. The van der Waals surface area contributed by atoms with Crippen LogP contribution in [-0.2, 0) is 0 Å². The van der Waals surface area contributed by atoms with E-state index in [9.17, 15) is 0 Å². The van der Waals surface area contributed by atoms with Crippen molar-refractivity contribution in [2.75, 3.05) is 26.3 Å². The van der Waals surface area contributed by atoms with E-state index in [-0.39, 0.29) is 12.3 Å². The van der Waals surface area contributed by atoms with E-state index >= 15 is 0 Å². The van der Waals surface area contributed by atoms with E-state index in [0.29, 0.717) is 26.3 Å². The van der Waals surface area contributed by atoms with Gasteiger partial charge in [0.05, 0.1) is 56.8 Å². The molecule has 0 saturated carbocycles. The zero-order chi connectivity index (χ0) is 12.8. The Morgan fingerprint density at radius 3 is 1.65 bits per heavy atom. The number of nitrogens with zero attached hydrogens (tertiary/aromatic N) is 6. The first-order valence-corrected chi connectivity index (χ1v) is 5.50. The Balaban J connectivity index is 2.84. The third-order valence-corrected chi connectivity index (χ3v) is 3.18. The van der Waals surface area contributed by atoms with Gasteiger partial charge in [-0.2, -0.15) is 15.8 Å². The first-order chi connectivity index (χ1) is 8.15. The molecule has 1 rings (SSSR count). The highest BCUT2D eigenvalue weighted by Crippen LogP contribution is 2.19. The maximum absolute atomic E-state index is 8.83. The smallest absolute Gasteiger partial charge is 0.0891 e. The number of hydrogen-bond donors (Lipinski definition) is 0. The lowest BCUT2D eigenvalue weighted by atomic mass is 10.2. The molecule has 1 aliphatic heterocycles. The van der Waals surface area contributed by atoms with Crippen LogP contribution in [0, 0.1) is 34.0 Å². The van der Waals surface area contributed by atoms with Gasteiger partial charge in [0.15, 0.2) is 0 Å².